The highest BCUT2D eigenvalue weighted by Gasteiger charge is 2.35. The van der Waals surface area contributed by atoms with Crippen molar-refractivity contribution < 1.29 is 18.3 Å². The molecule has 3 nitrogen and oxygen atoms in total. The van der Waals surface area contributed by atoms with Gasteiger partial charge in [0.25, 0.3) is 0 Å². The first-order valence-corrected chi connectivity index (χ1v) is 4.94. The van der Waals surface area contributed by atoms with Crippen LogP contribution in [0.5, 0.6) is 0 Å². The highest BCUT2D eigenvalue weighted by Crippen LogP contribution is 2.30. The fourth-order valence-electron chi connectivity index (χ4n) is 1.36. The second kappa shape index (κ2) is 4.12. The van der Waals surface area contributed by atoms with Gasteiger partial charge in [-0.2, -0.15) is 13.2 Å². The van der Waals surface area contributed by atoms with E-state index in [9.17, 15) is 13.2 Å². The van der Waals surface area contributed by atoms with Gasteiger partial charge in [0.15, 0.2) is 0 Å². The number of halogens is 4. The molecular weight excluding hydrogens is 257 g/mol. The normalized spacial score (nSPS) is 12.1. The molecule has 0 atom stereocenters. The van der Waals surface area contributed by atoms with Crippen LogP contribution in [0.3, 0.4) is 0 Å². The summed E-state index contributed by atoms with van der Waals surface area (Å²) >= 11 is 5.66. The molecule has 0 bridgehead atoms. The van der Waals surface area contributed by atoms with E-state index in [4.69, 9.17) is 16.7 Å². The number of aliphatic hydroxyl groups excluding tert-OH is 1. The van der Waals surface area contributed by atoms with E-state index in [0.29, 0.717) is 5.56 Å². The summed E-state index contributed by atoms with van der Waals surface area (Å²) in [4.78, 5) is 6.58. The third kappa shape index (κ3) is 2.32. The first kappa shape index (κ1) is 12.1. The standard InChI is InChI=1S/C10H6ClF3N2O/c11-8-6-3-5(4-17)1-2-7(6)15-9(16-8)10(12,13)14/h1-3,17H,4H2. The molecule has 1 heterocycles. The minimum absolute atomic E-state index is 0.0922. The molecule has 0 radical (unpaired) electrons. The molecule has 7 heteroatoms. The van der Waals surface area contributed by atoms with E-state index >= 15 is 0 Å². The third-order valence-corrected chi connectivity index (χ3v) is 2.44. The number of aromatic nitrogens is 2. The smallest absolute Gasteiger partial charge is 0.392 e. The van der Waals surface area contributed by atoms with Gasteiger partial charge in [-0.15, -0.1) is 0 Å². The van der Waals surface area contributed by atoms with Crippen LogP contribution in [0.15, 0.2) is 18.2 Å². The van der Waals surface area contributed by atoms with Crippen molar-refractivity contribution in [2.45, 2.75) is 12.8 Å². The maximum Gasteiger partial charge on any atom is 0.451 e. The highest BCUT2D eigenvalue weighted by atomic mass is 35.5. The molecule has 0 spiro atoms. The third-order valence-electron chi connectivity index (χ3n) is 2.15. The van der Waals surface area contributed by atoms with E-state index in [-0.39, 0.29) is 22.7 Å². The monoisotopic (exact) mass is 262 g/mol. The number of hydrogen-bond acceptors (Lipinski definition) is 3. The number of aliphatic hydroxyl groups is 1. The van der Waals surface area contributed by atoms with Gasteiger partial charge in [-0.1, -0.05) is 17.7 Å². The number of nitrogens with zero attached hydrogens (tertiary/aromatic N) is 2. The molecule has 0 saturated carbocycles. The number of rotatable bonds is 1. The topological polar surface area (TPSA) is 46.0 Å². The Kier molecular flexibility index (Phi) is 2.92. The lowest BCUT2D eigenvalue weighted by Crippen LogP contribution is -2.11. The van der Waals surface area contributed by atoms with Gasteiger partial charge in [-0.25, -0.2) is 9.97 Å². The molecule has 17 heavy (non-hydrogen) atoms. The summed E-state index contributed by atoms with van der Waals surface area (Å²) in [5, 5.41) is 8.91. The molecule has 0 amide bonds. The molecule has 90 valence electrons. The Bertz CT molecular complexity index is 571. The van der Waals surface area contributed by atoms with Gasteiger partial charge < -0.3 is 5.11 Å². The molecule has 2 aromatic rings. The Balaban J connectivity index is 2.68. The minimum atomic E-state index is -4.63. The summed E-state index contributed by atoms with van der Waals surface area (Å²) in [6.07, 6.45) is -4.63. The summed E-state index contributed by atoms with van der Waals surface area (Å²) in [6, 6.07) is 4.30. The Labute approximate surface area is 98.9 Å². The number of alkyl halides is 3. The Morgan fingerprint density at radius 2 is 1.94 bits per heavy atom. The van der Waals surface area contributed by atoms with Crippen LogP contribution in [0.4, 0.5) is 13.2 Å². The predicted molar refractivity (Wildman–Crippen MR) is 55.5 cm³/mol. The molecule has 1 aromatic heterocycles. The molecule has 0 aliphatic carbocycles. The summed E-state index contributed by atoms with van der Waals surface area (Å²) in [5.74, 6) is -1.27. The molecule has 0 aliphatic heterocycles. The van der Waals surface area contributed by atoms with Crippen LogP contribution < -0.4 is 0 Å². The Morgan fingerprint density at radius 3 is 2.53 bits per heavy atom. The molecule has 1 aromatic carbocycles. The van der Waals surface area contributed by atoms with E-state index in [2.05, 4.69) is 9.97 Å². The van der Waals surface area contributed by atoms with E-state index in [1.807, 2.05) is 0 Å². The molecule has 0 saturated heterocycles. The first-order valence-electron chi connectivity index (χ1n) is 4.56. The van der Waals surface area contributed by atoms with Gasteiger partial charge in [0.2, 0.25) is 5.82 Å². The van der Waals surface area contributed by atoms with E-state index in [1.165, 1.54) is 18.2 Å². The van der Waals surface area contributed by atoms with Crippen molar-refractivity contribution in [2.75, 3.05) is 0 Å². The van der Waals surface area contributed by atoms with Gasteiger partial charge >= 0.3 is 6.18 Å². The van der Waals surface area contributed by atoms with Crippen LogP contribution in [0, 0.1) is 0 Å². The SMILES string of the molecule is OCc1ccc2nc(C(F)(F)F)nc(Cl)c2c1. The van der Waals surface area contributed by atoms with E-state index < -0.39 is 12.0 Å². The quantitative estimate of drug-likeness (QED) is 0.804. The zero-order valence-corrected chi connectivity index (χ0v) is 9.05. The molecule has 2 rings (SSSR count). The van der Waals surface area contributed by atoms with Crippen molar-refractivity contribution in [3.05, 3.63) is 34.7 Å². The van der Waals surface area contributed by atoms with Crippen LogP contribution >= 0.6 is 11.6 Å². The zero-order valence-electron chi connectivity index (χ0n) is 8.29. The largest absolute Gasteiger partial charge is 0.451 e. The first-order chi connectivity index (χ1) is 7.91. The number of hydrogen-bond donors (Lipinski definition) is 1. The summed E-state index contributed by atoms with van der Waals surface area (Å²) in [5.41, 5.74) is 0.622. The average molecular weight is 263 g/mol. The molecule has 0 aliphatic rings. The van der Waals surface area contributed by atoms with Crippen LogP contribution in [0.1, 0.15) is 11.4 Å². The minimum Gasteiger partial charge on any atom is -0.392 e. The van der Waals surface area contributed by atoms with Crippen LogP contribution in [0.2, 0.25) is 5.15 Å². The summed E-state index contributed by atoms with van der Waals surface area (Å²) in [7, 11) is 0. The van der Waals surface area contributed by atoms with Crippen molar-refractivity contribution in [1.82, 2.24) is 9.97 Å². The molecule has 1 N–H and O–H groups in total. The Hall–Kier alpha value is -1.40. The number of benzene rings is 1. The van der Waals surface area contributed by atoms with Crippen LogP contribution in [-0.2, 0) is 12.8 Å². The highest BCUT2D eigenvalue weighted by molar-refractivity contribution is 6.34. The molecule has 0 unspecified atom stereocenters. The maximum atomic E-state index is 12.4. The van der Waals surface area contributed by atoms with Gasteiger partial charge in [0, 0.05) is 5.39 Å². The fourth-order valence-corrected chi connectivity index (χ4v) is 1.59. The van der Waals surface area contributed by atoms with E-state index in [1.54, 1.807) is 0 Å². The summed E-state index contributed by atoms with van der Waals surface area (Å²) in [6.45, 7) is -0.229. The second-order valence-electron chi connectivity index (χ2n) is 3.35. The van der Waals surface area contributed by atoms with Crippen molar-refractivity contribution in [1.29, 1.82) is 0 Å². The maximum absolute atomic E-state index is 12.4. The van der Waals surface area contributed by atoms with Crippen molar-refractivity contribution >= 4 is 22.5 Å². The predicted octanol–water partition coefficient (Wildman–Crippen LogP) is 2.79. The van der Waals surface area contributed by atoms with Crippen LogP contribution in [0.25, 0.3) is 10.9 Å². The lowest BCUT2D eigenvalue weighted by molar-refractivity contribution is -0.144. The lowest BCUT2D eigenvalue weighted by Gasteiger charge is -2.07. The number of fused-ring (bicyclic) bond motifs is 1. The van der Waals surface area contributed by atoms with Gasteiger partial charge in [-0.05, 0) is 17.7 Å². The fraction of sp³-hybridized carbons (Fsp3) is 0.200. The van der Waals surface area contributed by atoms with Crippen molar-refractivity contribution in [3.8, 4) is 0 Å². The van der Waals surface area contributed by atoms with Crippen molar-refractivity contribution in [2.24, 2.45) is 0 Å². The Morgan fingerprint density at radius 1 is 1.24 bits per heavy atom. The second-order valence-corrected chi connectivity index (χ2v) is 3.70. The van der Waals surface area contributed by atoms with Gasteiger partial charge in [0.1, 0.15) is 5.15 Å². The molecular formula is C10H6ClF3N2O. The average Bonchev–Trinajstić information content (AvgIpc) is 2.27. The van der Waals surface area contributed by atoms with Crippen LogP contribution in [-0.4, -0.2) is 15.1 Å². The lowest BCUT2D eigenvalue weighted by atomic mass is 10.1. The summed E-state index contributed by atoms with van der Waals surface area (Å²) < 4.78 is 37.3. The zero-order chi connectivity index (χ0) is 12.6. The van der Waals surface area contributed by atoms with Gasteiger partial charge in [0.05, 0.1) is 12.1 Å². The molecule has 0 fully saturated rings. The van der Waals surface area contributed by atoms with Crippen molar-refractivity contribution in [3.63, 3.8) is 0 Å². The van der Waals surface area contributed by atoms with Gasteiger partial charge in [-0.3, -0.25) is 0 Å². The van der Waals surface area contributed by atoms with E-state index in [0.717, 1.165) is 0 Å².